The third-order valence-electron chi connectivity index (χ3n) is 4.14. The Morgan fingerprint density at radius 2 is 1.75 bits per heavy atom. The van der Waals surface area contributed by atoms with Gasteiger partial charge in [0.2, 0.25) is 0 Å². The predicted octanol–water partition coefficient (Wildman–Crippen LogP) is 5.66. The largest absolute Gasteiger partial charge is 0.466 e. The topological polar surface area (TPSA) is 13.1 Å². The highest BCUT2D eigenvalue weighted by Crippen LogP contribution is 2.38. The second-order valence-corrected chi connectivity index (χ2v) is 5.79. The van der Waals surface area contributed by atoms with Crippen LogP contribution in [0.5, 0.6) is 0 Å². The van der Waals surface area contributed by atoms with E-state index in [-0.39, 0.29) is 5.38 Å². The molecule has 0 saturated heterocycles. The number of aryl methyl sites for hydroxylation is 4. The van der Waals surface area contributed by atoms with Gasteiger partial charge < -0.3 is 4.42 Å². The van der Waals surface area contributed by atoms with Gasteiger partial charge in [-0.3, -0.25) is 0 Å². The molecule has 0 bridgehead atoms. The van der Waals surface area contributed by atoms with Crippen LogP contribution in [-0.4, -0.2) is 0 Å². The summed E-state index contributed by atoms with van der Waals surface area (Å²) in [6.07, 6.45) is 2.03. The van der Waals surface area contributed by atoms with E-state index in [4.69, 9.17) is 16.0 Å². The summed E-state index contributed by atoms with van der Waals surface area (Å²) in [6, 6.07) is 6.66. The van der Waals surface area contributed by atoms with E-state index in [1.54, 1.807) is 0 Å². The van der Waals surface area contributed by atoms with Crippen LogP contribution in [0.15, 0.2) is 22.6 Å². The first-order valence-electron chi connectivity index (χ1n) is 7.31. The Bertz CT molecular complexity index is 610. The van der Waals surface area contributed by atoms with Gasteiger partial charge in [0, 0.05) is 5.56 Å². The zero-order chi connectivity index (χ0) is 14.9. The first-order valence-corrected chi connectivity index (χ1v) is 7.75. The van der Waals surface area contributed by atoms with Crippen molar-refractivity contribution in [1.82, 2.24) is 0 Å². The minimum atomic E-state index is -0.131. The molecule has 1 aromatic carbocycles. The highest BCUT2D eigenvalue weighted by molar-refractivity contribution is 6.23. The van der Waals surface area contributed by atoms with Crippen molar-refractivity contribution in [3.05, 3.63) is 57.5 Å². The molecule has 1 aromatic heterocycles. The van der Waals surface area contributed by atoms with E-state index < -0.39 is 0 Å². The number of furan rings is 1. The fraction of sp³-hybridized carbons (Fsp3) is 0.444. The molecule has 0 N–H and O–H groups in total. The molecule has 0 spiro atoms. The zero-order valence-corrected chi connectivity index (χ0v) is 13.8. The number of halogens is 1. The lowest BCUT2D eigenvalue weighted by Crippen LogP contribution is -2.02. The van der Waals surface area contributed by atoms with Crippen LogP contribution in [0.25, 0.3) is 0 Å². The molecule has 2 rings (SSSR count). The van der Waals surface area contributed by atoms with Crippen molar-refractivity contribution in [3.8, 4) is 0 Å². The highest BCUT2D eigenvalue weighted by Gasteiger charge is 2.22. The number of rotatable bonds is 4. The van der Waals surface area contributed by atoms with Gasteiger partial charge in [-0.25, -0.2) is 0 Å². The Balaban J connectivity index is 2.54. The molecule has 0 saturated carbocycles. The number of hydrogen-bond acceptors (Lipinski definition) is 1. The second-order valence-electron chi connectivity index (χ2n) is 5.36. The van der Waals surface area contributed by atoms with Crippen molar-refractivity contribution < 1.29 is 4.42 Å². The lowest BCUT2D eigenvalue weighted by Gasteiger charge is -2.16. The molecule has 1 atom stereocenters. The van der Waals surface area contributed by atoms with Gasteiger partial charge in [0.25, 0.3) is 0 Å². The number of hydrogen-bond donors (Lipinski definition) is 0. The smallest absolute Gasteiger partial charge is 0.106 e. The summed E-state index contributed by atoms with van der Waals surface area (Å²) < 4.78 is 5.73. The van der Waals surface area contributed by atoms with E-state index in [9.17, 15) is 0 Å². The molecular weight excluding hydrogens is 268 g/mol. The fourth-order valence-electron chi connectivity index (χ4n) is 2.76. The predicted molar refractivity (Wildman–Crippen MR) is 85.8 cm³/mol. The molecule has 0 aliphatic carbocycles. The second kappa shape index (κ2) is 6.05. The van der Waals surface area contributed by atoms with Gasteiger partial charge in [-0.1, -0.05) is 32.0 Å². The Kier molecular flexibility index (Phi) is 4.59. The average molecular weight is 291 g/mol. The minimum absolute atomic E-state index is 0.131. The van der Waals surface area contributed by atoms with E-state index >= 15 is 0 Å². The van der Waals surface area contributed by atoms with Gasteiger partial charge in [-0.2, -0.15) is 0 Å². The van der Waals surface area contributed by atoms with Crippen LogP contribution >= 0.6 is 11.6 Å². The van der Waals surface area contributed by atoms with E-state index in [1.807, 2.05) is 13.8 Å². The molecule has 20 heavy (non-hydrogen) atoms. The Hall–Kier alpha value is -1.21. The first kappa shape index (κ1) is 15.2. The minimum Gasteiger partial charge on any atom is -0.466 e. The molecule has 0 aliphatic rings. The first-order chi connectivity index (χ1) is 9.49. The van der Waals surface area contributed by atoms with Crippen molar-refractivity contribution in [3.63, 3.8) is 0 Å². The molecule has 0 radical (unpaired) electrons. The summed E-state index contributed by atoms with van der Waals surface area (Å²) >= 11 is 6.81. The van der Waals surface area contributed by atoms with Crippen LogP contribution in [0, 0.1) is 20.8 Å². The van der Waals surface area contributed by atoms with E-state index in [1.165, 1.54) is 22.3 Å². The maximum atomic E-state index is 6.81. The van der Waals surface area contributed by atoms with Crippen LogP contribution in [0.1, 0.15) is 58.6 Å². The van der Waals surface area contributed by atoms with Gasteiger partial charge in [0.15, 0.2) is 0 Å². The van der Waals surface area contributed by atoms with E-state index in [0.29, 0.717) is 0 Å². The van der Waals surface area contributed by atoms with Crippen LogP contribution in [0.4, 0.5) is 0 Å². The fourth-order valence-corrected chi connectivity index (χ4v) is 3.28. The van der Waals surface area contributed by atoms with Crippen molar-refractivity contribution in [1.29, 1.82) is 0 Å². The molecule has 1 nitrogen and oxygen atoms in total. The van der Waals surface area contributed by atoms with Gasteiger partial charge in [-0.05, 0) is 55.9 Å². The lowest BCUT2D eigenvalue weighted by molar-refractivity contribution is 0.500. The van der Waals surface area contributed by atoms with Crippen LogP contribution < -0.4 is 0 Å². The molecular formula is C18H23ClO. The van der Waals surface area contributed by atoms with E-state index in [2.05, 4.69) is 39.0 Å². The van der Waals surface area contributed by atoms with Crippen LogP contribution in [-0.2, 0) is 12.8 Å². The summed E-state index contributed by atoms with van der Waals surface area (Å²) in [5.74, 6) is 1.90. The molecule has 1 heterocycles. The van der Waals surface area contributed by atoms with Crippen molar-refractivity contribution in [2.24, 2.45) is 0 Å². The Morgan fingerprint density at radius 3 is 2.25 bits per heavy atom. The molecule has 1 unspecified atom stereocenters. The highest BCUT2D eigenvalue weighted by atomic mass is 35.5. The molecule has 2 heteroatoms. The number of benzene rings is 1. The maximum absolute atomic E-state index is 6.81. The average Bonchev–Trinajstić information content (AvgIpc) is 2.70. The third kappa shape index (κ3) is 2.64. The van der Waals surface area contributed by atoms with Crippen LogP contribution in [0.3, 0.4) is 0 Å². The summed E-state index contributed by atoms with van der Waals surface area (Å²) in [5, 5.41) is -0.131. The normalized spacial score (nSPS) is 12.7. The zero-order valence-electron chi connectivity index (χ0n) is 13.0. The Labute approximate surface area is 127 Å². The Morgan fingerprint density at radius 1 is 1.05 bits per heavy atom. The van der Waals surface area contributed by atoms with Gasteiger partial charge in [-0.15, -0.1) is 11.6 Å². The number of alkyl halides is 1. The van der Waals surface area contributed by atoms with Crippen LogP contribution in [0.2, 0.25) is 0 Å². The monoisotopic (exact) mass is 290 g/mol. The summed E-state index contributed by atoms with van der Waals surface area (Å²) in [4.78, 5) is 0. The maximum Gasteiger partial charge on any atom is 0.106 e. The van der Waals surface area contributed by atoms with Gasteiger partial charge in [0.1, 0.15) is 11.5 Å². The molecule has 0 aliphatic heterocycles. The van der Waals surface area contributed by atoms with Crippen molar-refractivity contribution in [2.75, 3.05) is 0 Å². The third-order valence-corrected chi connectivity index (χ3v) is 4.60. The SMILES string of the molecule is CCc1ccc(CC)c(C(Cl)c2c(C)oc(C)c2C)c1. The summed E-state index contributed by atoms with van der Waals surface area (Å²) in [6.45, 7) is 10.4. The summed E-state index contributed by atoms with van der Waals surface area (Å²) in [5.41, 5.74) is 6.18. The molecule has 0 fully saturated rings. The molecule has 108 valence electrons. The van der Waals surface area contributed by atoms with Crippen molar-refractivity contribution >= 4 is 11.6 Å². The van der Waals surface area contributed by atoms with E-state index in [0.717, 1.165) is 29.9 Å². The quantitative estimate of drug-likeness (QED) is 0.662. The van der Waals surface area contributed by atoms with Crippen molar-refractivity contribution in [2.45, 2.75) is 52.8 Å². The summed E-state index contributed by atoms with van der Waals surface area (Å²) in [7, 11) is 0. The molecule has 2 aromatic rings. The standard InChI is InChI=1S/C18H23ClO/c1-6-14-8-9-15(7-2)16(10-14)18(19)17-11(3)12(4)20-13(17)5/h8-10,18H,6-7H2,1-5H3. The van der Waals surface area contributed by atoms with Gasteiger partial charge in [0.05, 0.1) is 5.38 Å². The molecule has 0 amide bonds. The lowest BCUT2D eigenvalue weighted by atomic mass is 9.93. The van der Waals surface area contributed by atoms with Gasteiger partial charge >= 0.3 is 0 Å².